The Labute approximate surface area is 147 Å². The van der Waals surface area contributed by atoms with Gasteiger partial charge in [-0.2, -0.15) is 0 Å². The Morgan fingerprint density at radius 1 is 1.54 bits per heavy atom. The van der Waals surface area contributed by atoms with Crippen molar-refractivity contribution in [1.29, 1.82) is 0 Å². The smallest absolute Gasteiger partial charge is 0.238 e. The van der Waals surface area contributed by atoms with E-state index in [2.05, 4.69) is 32.1 Å². The van der Waals surface area contributed by atoms with Gasteiger partial charge in [0.05, 0.1) is 5.25 Å². The third-order valence-electron chi connectivity index (χ3n) is 3.29. The summed E-state index contributed by atoms with van der Waals surface area (Å²) in [5.41, 5.74) is 0. The van der Waals surface area contributed by atoms with E-state index in [1.54, 1.807) is 30.7 Å². The lowest BCUT2D eigenvalue weighted by molar-refractivity contribution is -0.115. The number of aryl methyl sites for hydroxylation is 3. The monoisotopic (exact) mass is 363 g/mol. The van der Waals surface area contributed by atoms with Crippen molar-refractivity contribution in [1.82, 2.24) is 19.9 Å². The lowest BCUT2D eigenvalue weighted by Crippen LogP contribution is -2.23. The second kappa shape index (κ2) is 7.63. The van der Waals surface area contributed by atoms with Crippen LogP contribution >= 0.6 is 23.1 Å². The summed E-state index contributed by atoms with van der Waals surface area (Å²) in [7, 11) is 0. The van der Waals surface area contributed by atoms with Crippen LogP contribution in [0.5, 0.6) is 0 Å². The predicted molar refractivity (Wildman–Crippen MR) is 93.2 cm³/mol. The van der Waals surface area contributed by atoms with Crippen molar-refractivity contribution in [2.24, 2.45) is 0 Å². The molecule has 1 unspecified atom stereocenters. The highest BCUT2D eigenvalue weighted by molar-refractivity contribution is 8.00. The van der Waals surface area contributed by atoms with E-state index in [0.29, 0.717) is 11.6 Å². The molecule has 7 nitrogen and oxygen atoms in total. The van der Waals surface area contributed by atoms with E-state index in [0.717, 1.165) is 18.1 Å². The molecule has 3 rings (SSSR count). The molecule has 0 aromatic carbocycles. The van der Waals surface area contributed by atoms with Crippen LogP contribution in [0.15, 0.2) is 39.6 Å². The molecule has 3 aromatic heterocycles. The molecule has 0 aliphatic heterocycles. The molecule has 24 heavy (non-hydrogen) atoms. The van der Waals surface area contributed by atoms with E-state index in [-0.39, 0.29) is 11.2 Å². The second-order valence-electron chi connectivity index (χ2n) is 5.21. The van der Waals surface area contributed by atoms with Crippen LogP contribution < -0.4 is 5.32 Å². The molecule has 1 amide bonds. The van der Waals surface area contributed by atoms with E-state index >= 15 is 0 Å². The van der Waals surface area contributed by atoms with Gasteiger partial charge in [0.15, 0.2) is 11.0 Å². The van der Waals surface area contributed by atoms with Crippen molar-refractivity contribution in [3.8, 4) is 0 Å². The van der Waals surface area contributed by atoms with Crippen LogP contribution in [0.25, 0.3) is 0 Å². The van der Waals surface area contributed by atoms with E-state index in [4.69, 9.17) is 4.52 Å². The molecular formula is C15H17N5O2S2. The van der Waals surface area contributed by atoms with Crippen molar-refractivity contribution in [3.05, 3.63) is 40.5 Å². The number of aromatic nitrogens is 4. The molecule has 3 heterocycles. The molecule has 0 aliphatic rings. The standard InChI is InChI=1S/C15H17N5O2S2/c1-10-8-13(19-22-10)17-14(21)11(2)24-15-18-16-9-20(15)6-5-12-4-3-7-23-12/h3-4,7-9,11H,5-6H2,1-2H3,(H,17,19,21). The minimum Gasteiger partial charge on any atom is -0.360 e. The maximum atomic E-state index is 12.2. The van der Waals surface area contributed by atoms with E-state index in [1.165, 1.54) is 16.6 Å². The van der Waals surface area contributed by atoms with E-state index in [1.807, 2.05) is 17.6 Å². The number of nitrogens with one attached hydrogen (secondary N) is 1. The largest absolute Gasteiger partial charge is 0.360 e. The van der Waals surface area contributed by atoms with Gasteiger partial charge in [0.1, 0.15) is 12.1 Å². The summed E-state index contributed by atoms with van der Waals surface area (Å²) in [6.45, 7) is 4.38. The molecule has 0 saturated carbocycles. The first-order valence-corrected chi connectivity index (χ1v) is 9.19. The molecule has 0 aliphatic carbocycles. The lowest BCUT2D eigenvalue weighted by Gasteiger charge is -2.10. The van der Waals surface area contributed by atoms with Crippen LogP contribution in [-0.2, 0) is 17.8 Å². The van der Waals surface area contributed by atoms with Crippen molar-refractivity contribution in [2.45, 2.75) is 37.2 Å². The highest BCUT2D eigenvalue weighted by atomic mass is 32.2. The van der Waals surface area contributed by atoms with Gasteiger partial charge in [0.25, 0.3) is 0 Å². The number of amides is 1. The van der Waals surface area contributed by atoms with E-state index < -0.39 is 0 Å². The summed E-state index contributed by atoms with van der Waals surface area (Å²) in [6.07, 6.45) is 2.61. The van der Waals surface area contributed by atoms with Gasteiger partial charge in [0.2, 0.25) is 5.91 Å². The highest BCUT2D eigenvalue weighted by Gasteiger charge is 2.19. The van der Waals surface area contributed by atoms with Crippen molar-refractivity contribution < 1.29 is 9.32 Å². The van der Waals surface area contributed by atoms with Gasteiger partial charge in [-0.25, -0.2) is 0 Å². The first-order valence-electron chi connectivity index (χ1n) is 7.43. The van der Waals surface area contributed by atoms with Crippen LogP contribution in [0.2, 0.25) is 0 Å². The molecular weight excluding hydrogens is 346 g/mol. The van der Waals surface area contributed by atoms with Gasteiger partial charge in [0, 0.05) is 17.5 Å². The number of rotatable bonds is 7. The first-order chi connectivity index (χ1) is 11.6. The van der Waals surface area contributed by atoms with Gasteiger partial charge in [-0.05, 0) is 31.7 Å². The minimum atomic E-state index is -0.327. The number of hydrogen-bond acceptors (Lipinski definition) is 7. The Bertz CT molecular complexity index is 797. The predicted octanol–water partition coefficient (Wildman–Crippen LogP) is 3.00. The molecule has 1 N–H and O–H groups in total. The number of carbonyl (C=O) groups excluding carboxylic acids is 1. The summed E-state index contributed by atoms with van der Waals surface area (Å²) >= 11 is 3.10. The summed E-state index contributed by atoms with van der Waals surface area (Å²) < 4.78 is 6.91. The quantitative estimate of drug-likeness (QED) is 0.650. The molecule has 0 bridgehead atoms. The molecule has 126 valence electrons. The third kappa shape index (κ3) is 4.24. The Balaban J connectivity index is 1.57. The maximum absolute atomic E-state index is 12.2. The zero-order chi connectivity index (χ0) is 16.9. The van der Waals surface area contributed by atoms with E-state index in [9.17, 15) is 4.79 Å². The zero-order valence-corrected chi connectivity index (χ0v) is 14.9. The molecule has 1 atom stereocenters. The van der Waals surface area contributed by atoms with Gasteiger partial charge in [-0.3, -0.25) is 4.79 Å². The molecule has 0 saturated heterocycles. The number of thioether (sulfide) groups is 1. The van der Waals surface area contributed by atoms with Crippen molar-refractivity contribution in [3.63, 3.8) is 0 Å². The van der Waals surface area contributed by atoms with Gasteiger partial charge >= 0.3 is 0 Å². The van der Waals surface area contributed by atoms with Gasteiger partial charge < -0.3 is 14.4 Å². The molecule has 3 aromatic rings. The first kappa shape index (κ1) is 16.7. The highest BCUT2D eigenvalue weighted by Crippen LogP contribution is 2.23. The second-order valence-corrected chi connectivity index (χ2v) is 7.55. The Morgan fingerprint density at radius 3 is 3.12 bits per heavy atom. The zero-order valence-electron chi connectivity index (χ0n) is 13.3. The maximum Gasteiger partial charge on any atom is 0.238 e. The van der Waals surface area contributed by atoms with Crippen LogP contribution in [0.3, 0.4) is 0 Å². The van der Waals surface area contributed by atoms with Gasteiger partial charge in [-0.15, -0.1) is 21.5 Å². The number of carbonyl (C=O) groups is 1. The number of hydrogen-bond donors (Lipinski definition) is 1. The molecule has 0 fully saturated rings. The Hall–Kier alpha value is -2.13. The van der Waals surface area contributed by atoms with Crippen molar-refractivity contribution in [2.75, 3.05) is 5.32 Å². The Kier molecular flexibility index (Phi) is 5.31. The van der Waals surface area contributed by atoms with Crippen LogP contribution in [0.4, 0.5) is 5.82 Å². The fraction of sp³-hybridized carbons (Fsp3) is 0.333. The van der Waals surface area contributed by atoms with Crippen molar-refractivity contribution >= 4 is 34.8 Å². The third-order valence-corrected chi connectivity index (χ3v) is 5.32. The van der Waals surface area contributed by atoms with Crippen LogP contribution in [0.1, 0.15) is 17.6 Å². The Morgan fingerprint density at radius 2 is 2.42 bits per heavy atom. The number of nitrogens with zero attached hydrogens (tertiary/aromatic N) is 4. The fourth-order valence-electron chi connectivity index (χ4n) is 2.04. The average molecular weight is 363 g/mol. The van der Waals surface area contributed by atoms with Crippen LogP contribution in [-0.4, -0.2) is 31.1 Å². The number of anilines is 1. The van der Waals surface area contributed by atoms with Crippen LogP contribution in [0, 0.1) is 6.92 Å². The molecule has 0 spiro atoms. The SMILES string of the molecule is Cc1cc(NC(=O)C(C)Sc2nncn2CCc2cccs2)no1. The molecule has 0 radical (unpaired) electrons. The van der Waals surface area contributed by atoms with Gasteiger partial charge in [-0.1, -0.05) is 23.0 Å². The average Bonchev–Trinajstić information content (AvgIpc) is 3.28. The summed E-state index contributed by atoms with van der Waals surface area (Å²) in [6, 6.07) is 5.83. The summed E-state index contributed by atoms with van der Waals surface area (Å²) in [4.78, 5) is 13.5. The number of thiophene rings is 1. The fourth-order valence-corrected chi connectivity index (χ4v) is 3.59. The normalized spacial score (nSPS) is 12.2. The summed E-state index contributed by atoms with van der Waals surface area (Å²) in [5.74, 6) is 0.921. The lowest BCUT2D eigenvalue weighted by atomic mass is 10.3. The summed E-state index contributed by atoms with van der Waals surface area (Å²) in [5, 5.41) is 17.0. The topological polar surface area (TPSA) is 85.8 Å². The molecule has 9 heteroatoms. The minimum absolute atomic E-state index is 0.152.